The highest BCUT2D eigenvalue weighted by atomic mass is 32.2. The fourth-order valence-electron chi connectivity index (χ4n) is 3.55. The Morgan fingerprint density at radius 3 is 2.40 bits per heavy atom. The van der Waals surface area contributed by atoms with E-state index in [0.29, 0.717) is 0 Å². The highest BCUT2D eigenvalue weighted by Crippen LogP contribution is 2.36. The van der Waals surface area contributed by atoms with Gasteiger partial charge in [-0.3, -0.25) is 4.18 Å². The molecule has 2 aliphatic rings. The fraction of sp³-hybridized carbons (Fsp3) is 0.429. The number of hydrogen-bond donors (Lipinski definition) is 1. The van der Waals surface area contributed by atoms with Crippen molar-refractivity contribution in [1.29, 1.82) is 0 Å². The summed E-state index contributed by atoms with van der Waals surface area (Å²) in [4.78, 5) is -0.0210. The smallest absolute Gasteiger partial charge is 0.297 e. The predicted molar refractivity (Wildman–Crippen MR) is 105 cm³/mol. The van der Waals surface area contributed by atoms with Crippen LogP contribution >= 0.6 is 0 Å². The number of rotatable bonds is 5. The molecule has 0 saturated carbocycles. The average molecular weight is 436 g/mol. The second-order valence-electron chi connectivity index (χ2n) is 7.27. The second-order valence-corrected chi connectivity index (χ2v) is 8.85. The van der Waals surface area contributed by atoms with Gasteiger partial charge in [0.05, 0.1) is 11.5 Å². The molecule has 0 amide bonds. The Labute approximate surface area is 175 Å². The minimum absolute atomic E-state index is 0.0210. The highest BCUT2D eigenvalue weighted by Gasteiger charge is 2.51. The Kier molecular flexibility index (Phi) is 6.21. The molecule has 8 nitrogen and oxygen atoms in total. The standard InChI is InChI=1S/C21H24O8S/c1-13-8-10-15(11-9-13)30(23,24)29-19-17(22)18-16(27-21(19)25-2)12-26-20(28-18)14-6-4-3-5-7-14/h3-11,16-22H,12H2,1-2H3/t16?,17?,18-,19+,20?,21?/m0/s1. The average Bonchev–Trinajstić information content (AvgIpc) is 2.76. The minimum atomic E-state index is -4.16. The third-order valence-electron chi connectivity index (χ3n) is 5.16. The van der Waals surface area contributed by atoms with Crippen molar-refractivity contribution in [2.75, 3.05) is 13.7 Å². The van der Waals surface area contributed by atoms with Crippen LogP contribution in [0.4, 0.5) is 0 Å². The minimum Gasteiger partial charge on any atom is -0.387 e. The number of benzene rings is 2. The van der Waals surface area contributed by atoms with E-state index in [1.807, 2.05) is 37.3 Å². The molecule has 0 aliphatic carbocycles. The van der Waals surface area contributed by atoms with E-state index in [4.69, 9.17) is 23.1 Å². The van der Waals surface area contributed by atoms with Crippen molar-refractivity contribution in [2.24, 2.45) is 0 Å². The number of ether oxygens (including phenoxy) is 4. The van der Waals surface area contributed by atoms with E-state index >= 15 is 0 Å². The first-order chi connectivity index (χ1) is 14.4. The quantitative estimate of drug-likeness (QED) is 0.710. The lowest BCUT2D eigenvalue weighted by Gasteiger charge is -2.46. The van der Waals surface area contributed by atoms with Crippen molar-refractivity contribution in [2.45, 2.75) is 48.8 Å². The number of fused-ring (bicyclic) bond motifs is 1. The third-order valence-corrected chi connectivity index (χ3v) is 6.49. The Hall–Kier alpha value is -1.85. The summed E-state index contributed by atoms with van der Waals surface area (Å²) in [5.74, 6) is 0. The van der Waals surface area contributed by atoms with E-state index in [-0.39, 0.29) is 11.5 Å². The Bertz CT molecular complexity index is 947. The number of aliphatic hydroxyl groups excluding tert-OH is 1. The van der Waals surface area contributed by atoms with Crippen molar-refractivity contribution in [3.63, 3.8) is 0 Å². The van der Waals surface area contributed by atoms with Crippen LogP contribution in [0.5, 0.6) is 0 Å². The van der Waals surface area contributed by atoms with Crippen LogP contribution in [0.15, 0.2) is 59.5 Å². The summed E-state index contributed by atoms with van der Waals surface area (Å²) in [6.45, 7) is 2.00. The summed E-state index contributed by atoms with van der Waals surface area (Å²) in [5, 5.41) is 11.0. The third kappa shape index (κ3) is 4.28. The normalized spacial score (nSPS) is 31.8. The van der Waals surface area contributed by atoms with E-state index in [1.54, 1.807) is 12.1 Å². The van der Waals surface area contributed by atoms with Gasteiger partial charge >= 0.3 is 0 Å². The van der Waals surface area contributed by atoms with E-state index in [0.717, 1.165) is 11.1 Å². The van der Waals surface area contributed by atoms with Gasteiger partial charge in [0, 0.05) is 12.7 Å². The zero-order valence-electron chi connectivity index (χ0n) is 16.6. The van der Waals surface area contributed by atoms with Crippen molar-refractivity contribution >= 4 is 10.1 Å². The summed E-state index contributed by atoms with van der Waals surface area (Å²) in [6.07, 6.45) is -5.93. The van der Waals surface area contributed by atoms with Gasteiger partial charge in [0.25, 0.3) is 10.1 Å². The lowest BCUT2D eigenvalue weighted by molar-refractivity contribution is -0.354. The molecule has 2 aromatic carbocycles. The van der Waals surface area contributed by atoms with Gasteiger partial charge in [0.15, 0.2) is 18.7 Å². The maximum atomic E-state index is 12.8. The van der Waals surface area contributed by atoms with Crippen LogP contribution in [-0.4, -0.2) is 57.9 Å². The second kappa shape index (κ2) is 8.72. The van der Waals surface area contributed by atoms with Crippen molar-refractivity contribution in [3.05, 3.63) is 65.7 Å². The molecule has 2 fully saturated rings. The Balaban J connectivity index is 1.55. The molecule has 2 heterocycles. The van der Waals surface area contributed by atoms with E-state index in [1.165, 1.54) is 19.2 Å². The van der Waals surface area contributed by atoms with Crippen LogP contribution in [0.1, 0.15) is 17.4 Å². The molecule has 1 N–H and O–H groups in total. The molecule has 9 heteroatoms. The van der Waals surface area contributed by atoms with Gasteiger partial charge in [0.2, 0.25) is 0 Å². The number of methoxy groups -OCH3 is 1. The number of aryl methyl sites for hydroxylation is 1. The molecule has 0 spiro atoms. The maximum Gasteiger partial charge on any atom is 0.297 e. The largest absolute Gasteiger partial charge is 0.387 e. The fourth-order valence-corrected chi connectivity index (χ4v) is 4.62. The lowest BCUT2D eigenvalue weighted by Crippen LogP contribution is -2.63. The SMILES string of the molecule is COC1OC2COC(c3ccccc3)O[C@@H]2C(O)[C@H]1OS(=O)(=O)c1ccc(C)cc1. The summed E-state index contributed by atoms with van der Waals surface area (Å²) < 4.78 is 53.5. The summed E-state index contributed by atoms with van der Waals surface area (Å²) in [5.41, 5.74) is 1.69. The van der Waals surface area contributed by atoms with Gasteiger partial charge in [-0.1, -0.05) is 48.0 Å². The Morgan fingerprint density at radius 2 is 1.73 bits per heavy atom. The number of hydrogen-bond acceptors (Lipinski definition) is 8. The molecule has 4 rings (SSSR count). The molecule has 0 bridgehead atoms. The van der Waals surface area contributed by atoms with Crippen LogP contribution in [0.25, 0.3) is 0 Å². The molecule has 6 atom stereocenters. The maximum absolute atomic E-state index is 12.8. The van der Waals surface area contributed by atoms with E-state index < -0.39 is 47.1 Å². The molecule has 162 valence electrons. The van der Waals surface area contributed by atoms with Crippen molar-refractivity contribution in [3.8, 4) is 0 Å². The molecule has 2 aliphatic heterocycles. The molecular formula is C21H24O8S. The van der Waals surface area contributed by atoms with Crippen molar-refractivity contribution < 1.29 is 36.7 Å². The lowest BCUT2D eigenvalue weighted by atomic mass is 9.98. The summed E-state index contributed by atoms with van der Waals surface area (Å²) in [7, 11) is -2.81. The van der Waals surface area contributed by atoms with Crippen LogP contribution in [0.2, 0.25) is 0 Å². The van der Waals surface area contributed by atoms with Gasteiger partial charge < -0.3 is 24.1 Å². The van der Waals surface area contributed by atoms with Gasteiger partial charge in [0.1, 0.15) is 18.3 Å². The monoisotopic (exact) mass is 436 g/mol. The zero-order chi connectivity index (χ0) is 21.3. The molecule has 2 saturated heterocycles. The van der Waals surface area contributed by atoms with Gasteiger partial charge in [-0.05, 0) is 19.1 Å². The first-order valence-corrected chi connectivity index (χ1v) is 11.0. The van der Waals surface area contributed by atoms with Gasteiger partial charge in [-0.15, -0.1) is 0 Å². The number of aliphatic hydroxyl groups is 1. The van der Waals surface area contributed by atoms with Crippen LogP contribution in [0.3, 0.4) is 0 Å². The van der Waals surface area contributed by atoms with Crippen molar-refractivity contribution in [1.82, 2.24) is 0 Å². The zero-order valence-corrected chi connectivity index (χ0v) is 17.4. The predicted octanol–water partition coefficient (Wildman–Crippen LogP) is 1.92. The summed E-state index contributed by atoms with van der Waals surface area (Å²) >= 11 is 0. The van der Waals surface area contributed by atoms with Crippen LogP contribution < -0.4 is 0 Å². The molecule has 0 aromatic heterocycles. The van der Waals surface area contributed by atoms with E-state index in [2.05, 4.69) is 0 Å². The highest BCUT2D eigenvalue weighted by molar-refractivity contribution is 7.86. The summed E-state index contributed by atoms with van der Waals surface area (Å²) in [6, 6.07) is 15.5. The molecule has 4 unspecified atom stereocenters. The van der Waals surface area contributed by atoms with Gasteiger partial charge in [-0.2, -0.15) is 8.42 Å². The van der Waals surface area contributed by atoms with Gasteiger partial charge in [-0.25, -0.2) is 0 Å². The molecular weight excluding hydrogens is 412 g/mol. The molecule has 0 radical (unpaired) electrons. The molecule has 30 heavy (non-hydrogen) atoms. The van der Waals surface area contributed by atoms with E-state index in [9.17, 15) is 13.5 Å². The topological polar surface area (TPSA) is 101 Å². The first kappa shape index (κ1) is 21.4. The molecule has 2 aromatic rings. The van der Waals surface area contributed by atoms with Crippen LogP contribution in [-0.2, 0) is 33.2 Å². The first-order valence-electron chi connectivity index (χ1n) is 9.57. The Morgan fingerprint density at radius 1 is 1.03 bits per heavy atom. The van der Waals surface area contributed by atoms with Crippen LogP contribution in [0, 0.1) is 6.92 Å².